The molecular weight excluding hydrogens is 502 g/mol. The summed E-state index contributed by atoms with van der Waals surface area (Å²) in [4.78, 5) is 34.3. The van der Waals surface area contributed by atoms with Gasteiger partial charge in [-0.05, 0) is 68.0 Å². The summed E-state index contributed by atoms with van der Waals surface area (Å²) in [7, 11) is 1.87. The van der Waals surface area contributed by atoms with Gasteiger partial charge in [0.05, 0.1) is 13.1 Å². The third-order valence-electron chi connectivity index (χ3n) is 7.05. The minimum atomic E-state index is -0.0872. The van der Waals surface area contributed by atoms with Crippen LogP contribution in [-0.2, 0) is 22.4 Å². The zero-order valence-corrected chi connectivity index (χ0v) is 23.5. The van der Waals surface area contributed by atoms with Crippen molar-refractivity contribution in [3.05, 3.63) is 65.0 Å². The molecule has 0 fully saturated rings. The smallest absolute Gasteiger partial charge is 0.257 e. The van der Waals surface area contributed by atoms with Gasteiger partial charge in [-0.25, -0.2) is 0 Å². The molecule has 204 valence electrons. The van der Waals surface area contributed by atoms with Gasteiger partial charge in [-0.15, -0.1) is 12.4 Å². The molecule has 0 bridgehead atoms. The second-order valence-electron chi connectivity index (χ2n) is 9.90. The lowest BCUT2D eigenvalue weighted by Gasteiger charge is -2.30. The lowest BCUT2D eigenvalue weighted by atomic mass is 10.1. The molecular formula is C29H38ClN5O3. The van der Waals surface area contributed by atoms with Gasteiger partial charge in [-0.3, -0.25) is 9.59 Å². The van der Waals surface area contributed by atoms with Crippen molar-refractivity contribution in [2.75, 3.05) is 31.6 Å². The minimum Gasteiger partial charge on any atom is -0.355 e. The van der Waals surface area contributed by atoms with E-state index in [1.807, 2.05) is 54.1 Å². The van der Waals surface area contributed by atoms with Crippen LogP contribution in [0.2, 0.25) is 0 Å². The number of aryl methyl sites for hydroxylation is 2. The van der Waals surface area contributed by atoms with E-state index in [-0.39, 0.29) is 43.4 Å². The molecule has 0 radical (unpaired) electrons. The summed E-state index contributed by atoms with van der Waals surface area (Å²) < 4.78 is 5.31. The second-order valence-corrected chi connectivity index (χ2v) is 9.90. The quantitative estimate of drug-likeness (QED) is 0.360. The van der Waals surface area contributed by atoms with E-state index < -0.39 is 0 Å². The maximum Gasteiger partial charge on any atom is 0.257 e. The SMILES string of the molecule is CCCCCNC(=O)CN(CC(=O)N(C)C1Cc2ccccc2C1)c1ccc(-c2nc(C)no2)cc1C.Cl. The first kappa shape index (κ1) is 29.2. The van der Waals surface area contributed by atoms with Gasteiger partial charge >= 0.3 is 0 Å². The van der Waals surface area contributed by atoms with Gasteiger partial charge in [0.2, 0.25) is 11.8 Å². The molecule has 0 spiro atoms. The predicted octanol–water partition coefficient (Wildman–Crippen LogP) is 4.51. The zero-order valence-electron chi connectivity index (χ0n) is 22.7. The summed E-state index contributed by atoms with van der Waals surface area (Å²) >= 11 is 0. The van der Waals surface area contributed by atoms with Gasteiger partial charge in [0.25, 0.3) is 5.89 Å². The van der Waals surface area contributed by atoms with Crippen LogP contribution in [-0.4, -0.2) is 59.6 Å². The molecule has 0 atom stereocenters. The highest BCUT2D eigenvalue weighted by atomic mass is 35.5. The van der Waals surface area contributed by atoms with Crippen LogP contribution in [0.5, 0.6) is 0 Å². The summed E-state index contributed by atoms with van der Waals surface area (Å²) in [6, 6.07) is 14.3. The molecule has 1 aliphatic carbocycles. The molecule has 0 saturated carbocycles. The molecule has 4 rings (SSSR count). The number of carbonyl (C=O) groups is 2. The lowest BCUT2D eigenvalue weighted by molar-refractivity contribution is -0.130. The van der Waals surface area contributed by atoms with Crippen LogP contribution in [0.25, 0.3) is 11.5 Å². The van der Waals surface area contributed by atoms with Crippen molar-refractivity contribution < 1.29 is 14.1 Å². The normalized spacial score (nSPS) is 12.5. The molecule has 2 amide bonds. The number of carbonyl (C=O) groups excluding carboxylic acids is 2. The van der Waals surface area contributed by atoms with Gasteiger partial charge in [0.15, 0.2) is 5.82 Å². The summed E-state index contributed by atoms with van der Waals surface area (Å²) in [5.74, 6) is 0.924. The van der Waals surface area contributed by atoms with E-state index >= 15 is 0 Å². The number of benzene rings is 2. The highest BCUT2D eigenvalue weighted by Gasteiger charge is 2.29. The number of halogens is 1. The Morgan fingerprint density at radius 3 is 2.37 bits per heavy atom. The molecule has 1 aliphatic rings. The van der Waals surface area contributed by atoms with Crippen molar-refractivity contribution in [3.63, 3.8) is 0 Å². The minimum absolute atomic E-state index is 0. The third-order valence-corrected chi connectivity index (χ3v) is 7.05. The van der Waals surface area contributed by atoms with Gasteiger partial charge in [0.1, 0.15) is 0 Å². The van der Waals surface area contributed by atoms with E-state index in [9.17, 15) is 9.59 Å². The molecule has 1 N–H and O–H groups in total. The van der Waals surface area contributed by atoms with Gasteiger partial charge in [-0.1, -0.05) is 49.2 Å². The topological polar surface area (TPSA) is 91.6 Å². The number of unbranched alkanes of at least 4 members (excludes halogenated alkanes) is 2. The van der Waals surface area contributed by atoms with Crippen molar-refractivity contribution in [1.82, 2.24) is 20.4 Å². The summed E-state index contributed by atoms with van der Waals surface area (Å²) in [6.07, 6.45) is 4.83. The van der Waals surface area contributed by atoms with Crippen LogP contribution in [0.15, 0.2) is 47.0 Å². The van der Waals surface area contributed by atoms with Gasteiger partial charge < -0.3 is 19.6 Å². The van der Waals surface area contributed by atoms with Gasteiger partial charge in [0, 0.05) is 30.9 Å². The molecule has 0 saturated heterocycles. The Morgan fingerprint density at radius 2 is 1.76 bits per heavy atom. The number of nitrogens with one attached hydrogen (secondary N) is 1. The molecule has 8 nitrogen and oxygen atoms in total. The first-order valence-electron chi connectivity index (χ1n) is 13.1. The van der Waals surface area contributed by atoms with Crippen LogP contribution >= 0.6 is 12.4 Å². The summed E-state index contributed by atoms with van der Waals surface area (Å²) in [5, 5.41) is 6.88. The highest BCUT2D eigenvalue weighted by Crippen LogP contribution is 2.28. The van der Waals surface area contributed by atoms with Crippen molar-refractivity contribution >= 4 is 29.9 Å². The van der Waals surface area contributed by atoms with E-state index in [2.05, 4.69) is 34.5 Å². The maximum absolute atomic E-state index is 13.5. The number of hydrogen-bond donors (Lipinski definition) is 1. The van der Waals surface area contributed by atoms with E-state index in [0.29, 0.717) is 18.3 Å². The molecule has 2 aromatic carbocycles. The van der Waals surface area contributed by atoms with E-state index in [1.54, 1.807) is 6.92 Å². The summed E-state index contributed by atoms with van der Waals surface area (Å²) in [6.45, 7) is 6.75. The number of likely N-dealkylation sites (N-methyl/N-ethyl adjacent to an activating group) is 1. The van der Waals surface area contributed by atoms with Crippen LogP contribution in [0.3, 0.4) is 0 Å². The average molecular weight is 540 g/mol. The predicted molar refractivity (Wildman–Crippen MR) is 152 cm³/mol. The van der Waals surface area contributed by atoms with Crippen LogP contribution in [0.4, 0.5) is 5.69 Å². The highest BCUT2D eigenvalue weighted by molar-refractivity contribution is 5.87. The standard InChI is InChI=1S/C29H37N5O3.ClH/c1-5-6-9-14-30-27(35)18-34(26-13-12-24(15-20(26)2)29-31-21(3)32-37-29)19-28(36)33(4)25-16-22-10-7-8-11-23(22)17-25;/h7-8,10-13,15,25H,5-6,9,14,16-19H2,1-4H3,(H,30,35);1H. The molecule has 3 aromatic rings. The van der Waals surface area contributed by atoms with Crippen LogP contribution < -0.4 is 10.2 Å². The molecule has 1 heterocycles. The fourth-order valence-electron chi connectivity index (χ4n) is 4.90. The van der Waals surface area contributed by atoms with Crippen molar-refractivity contribution in [3.8, 4) is 11.5 Å². The number of amides is 2. The Labute approximate surface area is 231 Å². The Morgan fingerprint density at radius 1 is 1.05 bits per heavy atom. The molecule has 0 aliphatic heterocycles. The molecule has 0 unspecified atom stereocenters. The van der Waals surface area contributed by atoms with E-state index in [1.165, 1.54) is 11.1 Å². The summed E-state index contributed by atoms with van der Waals surface area (Å²) in [5.41, 5.74) is 5.17. The van der Waals surface area contributed by atoms with Gasteiger partial charge in [-0.2, -0.15) is 4.98 Å². The monoisotopic (exact) mass is 539 g/mol. The molecule has 9 heteroatoms. The third kappa shape index (κ3) is 7.13. The Bertz CT molecular complexity index is 1220. The Kier molecular flexibility index (Phi) is 10.3. The zero-order chi connectivity index (χ0) is 26.4. The fraction of sp³-hybridized carbons (Fsp3) is 0.448. The van der Waals surface area contributed by atoms with Crippen molar-refractivity contribution in [1.29, 1.82) is 0 Å². The van der Waals surface area contributed by atoms with Crippen molar-refractivity contribution in [2.45, 2.75) is 58.9 Å². The molecule has 1 aromatic heterocycles. The number of anilines is 1. The molecule has 38 heavy (non-hydrogen) atoms. The maximum atomic E-state index is 13.5. The largest absolute Gasteiger partial charge is 0.355 e. The van der Waals surface area contributed by atoms with Crippen LogP contribution in [0, 0.1) is 13.8 Å². The van der Waals surface area contributed by atoms with E-state index in [0.717, 1.165) is 48.9 Å². The number of fused-ring (bicyclic) bond motifs is 1. The Hall–Kier alpha value is -3.39. The number of nitrogens with zero attached hydrogens (tertiary/aromatic N) is 4. The number of hydrogen-bond acceptors (Lipinski definition) is 6. The van der Waals surface area contributed by atoms with Crippen LogP contribution in [0.1, 0.15) is 48.7 Å². The average Bonchev–Trinajstić information content (AvgIpc) is 3.52. The number of aromatic nitrogens is 2. The first-order chi connectivity index (χ1) is 17.9. The second kappa shape index (κ2) is 13.4. The Balaban J connectivity index is 0.00000400. The van der Waals surface area contributed by atoms with E-state index in [4.69, 9.17) is 4.52 Å². The number of rotatable bonds is 11. The lowest BCUT2D eigenvalue weighted by Crippen LogP contribution is -2.46. The first-order valence-corrected chi connectivity index (χ1v) is 13.1. The van der Waals surface area contributed by atoms with Crippen molar-refractivity contribution in [2.24, 2.45) is 0 Å². The fourth-order valence-corrected chi connectivity index (χ4v) is 4.90.